The lowest BCUT2D eigenvalue weighted by Crippen LogP contribution is -2.45. The first-order chi connectivity index (χ1) is 8.10. The van der Waals surface area contributed by atoms with Gasteiger partial charge in [-0.2, -0.15) is 0 Å². The number of amides is 1. The zero-order valence-corrected chi connectivity index (χ0v) is 10.1. The SMILES string of the molecule is CCOc1ccc2c(c1)[C@H](O)[C@@](C)(NC=O)C2. The summed E-state index contributed by atoms with van der Waals surface area (Å²) in [6, 6.07) is 5.68. The average Bonchev–Trinajstić information content (AvgIpc) is 2.53. The van der Waals surface area contributed by atoms with Gasteiger partial charge >= 0.3 is 0 Å². The van der Waals surface area contributed by atoms with Gasteiger partial charge in [0.2, 0.25) is 6.41 Å². The van der Waals surface area contributed by atoms with Gasteiger partial charge in [0.25, 0.3) is 0 Å². The first-order valence-electron chi connectivity index (χ1n) is 5.75. The van der Waals surface area contributed by atoms with Gasteiger partial charge in [-0.3, -0.25) is 4.79 Å². The average molecular weight is 235 g/mol. The zero-order chi connectivity index (χ0) is 12.5. The van der Waals surface area contributed by atoms with Gasteiger partial charge in [0.15, 0.2) is 0 Å². The molecule has 0 unspecified atom stereocenters. The number of carbonyl (C=O) groups is 1. The van der Waals surface area contributed by atoms with Crippen LogP contribution in [-0.4, -0.2) is 23.7 Å². The molecule has 0 saturated heterocycles. The van der Waals surface area contributed by atoms with E-state index in [-0.39, 0.29) is 0 Å². The van der Waals surface area contributed by atoms with E-state index >= 15 is 0 Å². The minimum Gasteiger partial charge on any atom is -0.494 e. The molecule has 17 heavy (non-hydrogen) atoms. The van der Waals surface area contributed by atoms with Gasteiger partial charge in [-0.15, -0.1) is 0 Å². The molecule has 4 heteroatoms. The lowest BCUT2D eigenvalue weighted by Gasteiger charge is -2.27. The molecule has 1 aromatic carbocycles. The fourth-order valence-electron chi connectivity index (χ4n) is 2.35. The van der Waals surface area contributed by atoms with Gasteiger partial charge in [-0.05, 0) is 43.5 Å². The normalized spacial score (nSPS) is 26.4. The molecule has 0 aromatic heterocycles. The molecule has 0 spiro atoms. The maximum Gasteiger partial charge on any atom is 0.207 e. The first kappa shape index (κ1) is 11.9. The van der Waals surface area contributed by atoms with Crippen LogP contribution in [0.2, 0.25) is 0 Å². The molecule has 1 aliphatic rings. The molecule has 4 nitrogen and oxygen atoms in total. The molecule has 2 rings (SSSR count). The first-order valence-corrected chi connectivity index (χ1v) is 5.75. The molecular formula is C13H17NO3. The largest absolute Gasteiger partial charge is 0.494 e. The van der Waals surface area contributed by atoms with Crippen molar-refractivity contribution in [3.05, 3.63) is 29.3 Å². The van der Waals surface area contributed by atoms with E-state index in [2.05, 4.69) is 5.32 Å². The van der Waals surface area contributed by atoms with Crippen LogP contribution in [0, 0.1) is 0 Å². The molecule has 2 atom stereocenters. The Morgan fingerprint density at radius 1 is 1.65 bits per heavy atom. The lowest BCUT2D eigenvalue weighted by atomic mass is 9.96. The highest BCUT2D eigenvalue weighted by Crippen LogP contribution is 2.40. The van der Waals surface area contributed by atoms with Crippen molar-refractivity contribution in [1.82, 2.24) is 5.32 Å². The molecule has 0 radical (unpaired) electrons. The topological polar surface area (TPSA) is 58.6 Å². The molecule has 1 aliphatic carbocycles. The highest BCUT2D eigenvalue weighted by molar-refractivity contribution is 5.52. The minimum atomic E-state index is -0.692. The maximum atomic E-state index is 10.6. The van der Waals surface area contributed by atoms with E-state index in [1.54, 1.807) is 0 Å². The van der Waals surface area contributed by atoms with Crippen LogP contribution in [0.3, 0.4) is 0 Å². The fourth-order valence-corrected chi connectivity index (χ4v) is 2.35. The molecule has 0 saturated carbocycles. The van der Waals surface area contributed by atoms with Crippen molar-refractivity contribution < 1.29 is 14.6 Å². The second-order valence-corrected chi connectivity index (χ2v) is 4.55. The molecule has 2 N–H and O–H groups in total. The van der Waals surface area contributed by atoms with Crippen molar-refractivity contribution >= 4 is 6.41 Å². The monoisotopic (exact) mass is 235 g/mol. The highest BCUT2D eigenvalue weighted by atomic mass is 16.5. The number of benzene rings is 1. The van der Waals surface area contributed by atoms with Gasteiger partial charge in [0.1, 0.15) is 11.9 Å². The number of rotatable bonds is 4. The summed E-state index contributed by atoms with van der Waals surface area (Å²) in [5.41, 5.74) is 1.28. The van der Waals surface area contributed by atoms with E-state index < -0.39 is 11.6 Å². The maximum absolute atomic E-state index is 10.6. The van der Waals surface area contributed by atoms with Crippen LogP contribution < -0.4 is 10.1 Å². The summed E-state index contributed by atoms with van der Waals surface area (Å²) < 4.78 is 5.41. The molecule has 0 aliphatic heterocycles. The fraction of sp³-hybridized carbons (Fsp3) is 0.462. The highest BCUT2D eigenvalue weighted by Gasteiger charge is 2.41. The Kier molecular flexibility index (Phi) is 3.07. The Hall–Kier alpha value is -1.55. The predicted molar refractivity (Wildman–Crippen MR) is 63.9 cm³/mol. The predicted octanol–water partition coefficient (Wildman–Crippen LogP) is 1.18. The summed E-state index contributed by atoms with van der Waals surface area (Å²) in [5.74, 6) is 0.751. The van der Waals surface area contributed by atoms with Crippen LogP contribution in [0.4, 0.5) is 0 Å². The third-order valence-electron chi connectivity index (χ3n) is 3.27. The number of hydrogen-bond donors (Lipinski definition) is 2. The Morgan fingerprint density at radius 2 is 2.41 bits per heavy atom. The molecule has 0 fully saturated rings. The summed E-state index contributed by atoms with van der Waals surface area (Å²) in [6.07, 6.45) is 0.579. The molecule has 0 heterocycles. The van der Waals surface area contributed by atoms with Crippen molar-refractivity contribution in [2.24, 2.45) is 0 Å². The Balaban J connectivity index is 2.31. The van der Waals surface area contributed by atoms with E-state index in [1.165, 1.54) is 0 Å². The number of hydrogen-bond acceptors (Lipinski definition) is 3. The Morgan fingerprint density at radius 3 is 3.06 bits per heavy atom. The molecule has 92 valence electrons. The van der Waals surface area contributed by atoms with Crippen molar-refractivity contribution in [2.75, 3.05) is 6.61 Å². The van der Waals surface area contributed by atoms with Crippen LogP contribution >= 0.6 is 0 Å². The standard InChI is InChI=1S/C13H17NO3/c1-3-17-10-5-4-9-7-13(2,14-8-15)12(16)11(9)6-10/h4-6,8,12,16H,3,7H2,1-2H3,(H,14,15)/t12-,13-/m0/s1. The number of carbonyl (C=O) groups excluding carboxylic acids is 1. The van der Waals surface area contributed by atoms with Crippen molar-refractivity contribution in [2.45, 2.75) is 31.9 Å². The number of ether oxygens (including phenoxy) is 1. The Labute approximate surface area is 101 Å². The van der Waals surface area contributed by atoms with Crippen LogP contribution in [0.5, 0.6) is 5.75 Å². The van der Waals surface area contributed by atoms with Gasteiger partial charge in [-0.1, -0.05) is 6.07 Å². The number of fused-ring (bicyclic) bond motifs is 1. The van der Waals surface area contributed by atoms with Gasteiger partial charge in [0, 0.05) is 0 Å². The van der Waals surface area contributed by atoms with Crippen LogP contribution in [0.25, 0.3) is 0 Å². The minimum absolute atomic E-state index is 0.596. The summed E-state index contributed by atoms with van der Waals surface area (Å²) in [4.78, 5) is 10.6. The zero-order valence-electron chi connectivity index (χ0n) is 10.1. The third-order valence-corrected chi connectivity index (χ3v) is 3.27. The van der Waals surface area contributed by atoms with Crippen LogP contribution in [0.15, 0.2) is 18.2 Å². The van der Waals surface area contributed by atoms with Crippen molar-refractivity contribution in [3.63, 3.8) is 0 Å². The summed E-state index contributed by atoms with van der Waals surface area (Å²) in [7, 11) is 0. The quantitative estimate of drug-likeness (QED) is 0.770. The second kappa shape index (κ2) is 4.37. The van der Waals surface area contributed by atoms with Gasteiger partial charge in [-0.25, -0.2) is 0 Å². The van der Waals surface area contributed by atoms with E-state index in [1.807, 2.05) is 32.0 Å². The summed E-state index contributed by atoms with van der Waals surface area (Å²) in [5, 5.41) is 12.9. The molecule has 0 bridgehead atoms. The smallest absolute Gasteiger partial charge is 0.207 e. The number of nitrogens with one attached hydrogen (secondary N) is 1. The van der Waals surface area contributed by atoms with E-state index in [0.29, 0.717) is 19.4 Å². The van der Waals surface area contributed by atoms with Gasteiger partial charge in [0.05, 0.1) is 12.1 Å². The third kappa shape index (κ3) is 2.00. The number of aliphatic hydroxyl groups is 1. The van der Waals surface area contributed by atoms with E-state index in [0.717, 1.165) is 16.9 Å². The van der Waals surface area contributed by atoms with Crippen molar-refractivity contribution in [3.8, 4) is 5.75 Å². The van der Waals surface area contributed by atoms with Crippen molar-refractivity contribution in [1.29, 1.82) is 0 Å². The molecule has 1 amide bonds. The van der Waals surface area contributed by atoms with Crippen LogP contribution in [-0.2, 0) is 11.2 Å². The second-order valence-electron chi connectivity index (χ2n) is 4.55. The molecule has 1 aromatic rings. The van der Waals surface area contributed by atoms with E-state index in [4.69, 9.17) is 4.74 Å². The number of aliphatic hydroxyl groups excluding tert-OH is 1. The van der Waals surface area contributed by atoms with Gasteiger partial charge < -0.3 is 15.2 Å². The Bertz CT molecular complexity index is 433. The lowest BCUT2D eigenvalue weighted by molar-refractivity contribution is -0.112. The summed E-state index contributed by atoms with van der Waals surface area (Å²) >= 11 is 0. The van der Waals surface area contributed by atoms with Crippen LogP contribution in [0.1, 0.15) is 31.1 Å². The van der Waals surface area contributed by atoms with E-state index in [9.17, 15) is 9.90 Å². The molecular weight excluding hydrogens is 218 g/mol. The summed E-state index contributed by atoms with van der Waals surface area (Å²) in [6.45, 7) is 4.35.